The zero-order valence-corrected chi connectivity index (χ0v) is 19.9. The van der Waals surface area contributed by atoms with Crippen molar-refractivity contribution in [1.29, 1.82) is 0 Å². The molecule has 156 valence electrons. The molecule has 2 unspecified atom stereocenters. The third-order valence-corrected chi connectivity index (χ3v) is 6.03. The Bertz CT molecular complexity index is 806. The van der Waals surface area contributed by atoms with E-state index in [9.17, 15) is 0 Å². The van der Waals surface area contributed by atoms with E-state index in [2.05, 4.69) is 63.0 Å². The fourth-order valence-electron chi connectivity index (χ4n) is 4.08. The van der Waals surface area contributed by atoms with Gasteiger partial charge < -0.3 is 10.6 Å². The van der Waals surface area contributed by atoms with Crippen molar-refractivity contribution in [3.05, 3.63) is 70.7 Å². The van der Waals surface area contributed by atoms with Gasteiger partial charge in [0, 0.05) is 49.7 Å². The number of aliphatic imine (C=N–C) groups is 1. The molecule has 1 saturated carbocycles. The molecular weight excluding hydrogens is 495 g/mol. The molecule has 0 radical (unpaired) electrons. The number of nitrogens with one attached hydrogen (secondary N) is 2. The van der Waals surface area contributed by atoms with Gasteiger partial charge in [0.1, 0.15) is 0 Å². The molecule has 6 heteroatoms. The number of rotatable bonds is 5. The number of hydrogen-bond acceptors (Lipinski definition) is 2. The van der Waals surface area contributed by atoms with Gasteiger partial charge in [0.25, 0.3) is 0 Å². The summed E-state index contributed by atoms with van der Waals surface area (Å²) < 4.78 is 0. The third kappa shape index (κ3) is 6.33. The predicted octanol–water partition coefficient (Wildman–Crippen LogP) is 4.64. The minimum absolute atomic E-state index is 0. The molecular formula is C23H30ClIN4. The quantitative estimate of drug-likeness (QED) is 0.340. The van der Waals surface area contributed by atoms with E-state index in [0.29, 0.717) is 18.0 Å². The Morgan fingerprint density at radius 2 is 1.83 bits per heavy atom. The number of hydrogen-bond donors (Lipinski definition) is 2. The average molecular weight is 525 g/mol. The lowest BCUT2D eigenvalue weighted by molar-refractivity contribution is 0.198. The van der Waals surface area contributed by atoms with Gasteiger partial charge in [0.15, 0.2) is 5.96 Å². The van der Waals surface area contributed by atoms with Crippen LogP contribution in [0.4, 0.5) is 0 Å². The Balaban J connectivity index is 0.00000240. The molecule has 0 amide bonds. The van der Waals surface area contributed by atoms with Crippen molar-refractivity contribution in [2.24, 2.45) is 4.99 Å². The normalized spacial score (nSPS) is 22.6. The van der Waals surface area contributed by atoms with Gasteiger partial charge in [-0.25, -0.2) is 0 Å². The van der Waals surface area contributed by atoms with Crippen LogP contribution in [0.1, 0.15) is 36.3 Å². The second-order valence-corrected chi connectivity index (χ2v) is 8.34. The summed E-state index contributed by atoms with van der Waals surface area (Å²) in [5.74, 6) is 1.46. The molecule has 2 aliphatic rings. The molecule has 0 spiro atoms. The van der Waals surface area contributed by atoms with Crippen LogP contribution in [0.15, 0.2) is 59.6 Å². The van der Waals surface area contributed by atoms with Crippen molar-refractivity contribution in [3.63, 3.8) is 0 Å². The van der Waals surface area contributed by atoms with Crippen LogP contribution in [-0.2, 0) is 6.54 Å². The fourth-order valence-corrected chi connectivity index (χ4v) is 4.28. The first kappa shape index (κ1) is 22.4. The van der Waals surface area contributed by atoms with Gasteiger partial charge >= 0.3 is 0 Å². The van der Waals surface area contributed by atoms with Crippen LogP contribution in [0, 0.1) is 0 Å². The van der Waals surface area contributed by atoms with E-state index in [1.165, 1.54) is 11.1 Å². The maximum atomic E-state index is 6.13. The number of benzene rings is 2. The highest BCUT2D eigenvalue weighted by Crippen LogP contribution is 2.41. The second-order valence-electron chi connectivity index (χ2n) is 7.90. The van der Waals surface area contributed by atoms with Crippen LogP contribution >= 0.6 is 35.6 Å². The van der Waals surface area contributed by atoms with Crippen molar-refractivity contribution < 1.29 is 0 Å². The predicted molar refractivity (Wildman–Crippen MR) is 132 cm³/mol. The zero-order chi connectivity index (χ0) is 19.3. The Hall–Kier alpha value is -1.31. The number of guanidine groups is 1. The molecule has 1 aliphatic heterocycles. The van der Waals surface area contributed by atoms with Gasteiger partial charge in [-0.3, -0.25) is 9.89 Å². The summed E-state index contributed by atoms with van der Waals surface area (Å²) in [6.07, 6.45) is 3.43. The van der Waals surface area contributed by atoms with Crippen LogP contribution < -0.4 is 10.6 Å². The second kappa shape index (κ2) is 10.6. The molecule has 2 aromatic carbocycles. The molecule has 4 rings (SSSR count). The molecule has 0 aromatic heterocycles. The summed E-state index contributed by atoms with van der Waals surface area (Å²) in [4.78, 5) is 6.99. The van der Waals surface area contributed by atoms with Crippen LogP contribution in [0.5, 0.6) is 0 Å². The smallest absolute Gasteiger partial charge is 0.191 e. The summed E-state index contributed by atoms with van der Waals surface area (Å²) >= 11 is 6.13. The van der Waals surface area contributed by atoms with Gasteiger partial charge in [0.05, 0.1) is 0 Å². The molecule has 2 N–H and O–H groups in total. The SMILES string of the molecule is CN=C(NC1CCN(Cc2ccccc2)CC1)NC1CC1c1cccc(Cl)c1.I. The number of likely N-dealkylation sites (tertiary alicyclic amines) is 1. The third-order valence-electron chi connectivity index (χ3n) is 5.79. The first-order valence-electron chi connectivity index (χ1n) is 10.2. The molecule has 29 heavy (non-hydrogen) atoms. The number of halogens is 2. The van der Waals surface area contributed by atoms with E-state index in [-0.39, 0.29) is 24.0 Å². The summed E-state index contributed by atoms with van der Waals surface area (Å²) in [7, 11) is 1.86. The summed E-state index contributed by atoms with van der Waals surface area (Å²) in [5, 5.41) is 8.03. The van der Waals surface area contributed by atoms with E-state index in [0.717, 1.165) is 49.9 Å². The minimum Gasteiger partial charge on any atom is -0.354 e. The van der Waals surface area contributed by atoms with Crippen molar-refractivity contribution in [1.82, 2.24) is 15.5 Å². The van der Waals surface area contributed by atoms with Gasteiger partial charge in [-0.1, -0.05) is 54.1 Å². The molecule has 2 atom stereocenters. The van der Waals surface area contributed by atoms with E-state index in [1.54, 1.807) is 0 Å². The number of nitrogens with zero attached hydrogens (tertiary/aromatic N) is 2. The van der Waals surface area contributed by atoms with Crippen LogP contribution in [0.3, 0.4) is 0 Å². The zero-order valence-electron chi connectivity index (χ0n) is 16.9. The molecule has 2 fully saturated rings. The van der Waals surface area contributed by atoms with E-state index in [1.807, 2.05) is 19.2 Å². The molecule has 1 aliphatic carbocycles. The first-order chi connectivity index (χ1) is 13.7. The lowest BCUT2D eigenvalue weighted by Crippen LogP contribution is -2.49. The van der Waals surface area contributed by atoms with Crippen LogP contribution in [0.25, 0.3) is 0 Å². The summed E-state index contributed by atoms with van der Waals surface area (Å²) in [6, 6.07) is 19.9. The van der Waals surface area contributed by atoms with Crippen molar-refractivity contribution in [2.75, 3.05) is 20.1 Å². The first-order valence-corrected chi connectivity index (χ1v) is 10.6. The molecule has 1 heterocycles. The summed E-state index contributed by atoms with van der Waals surface area (Å²) in [5.41, 5.74) is 2.71. The van der Waals surface area contributed by atoms with Gasteiger partial charge in [-0.15, -0.1) is 24.0 Å². The molecule has 0 bridgehead atoms. The Labute approximate surface area is 196 Å². The monoisotopic (exact) mass is 524 g/mol. The Morgan fingerprint density at radius 3 is 2.52 bits per heavy atom. The lowest BCUT2D eigenvalue weighted by Gasteiger charge is -2.33. The summed E-state index contributed by atoms with van der Waals surface area (Å²) in [6.45, 7) is 3.29. The molecule has 2 aromatic rings. The van der Waals surface area contributed by atoms with Crippen LogP contribution in [-0.4, -0.2) is 43.1 Å². The topological polar surface area (TPSA) is 39.7 Å². The van der Waals surface area contributed by atoms with Crippen LogP contribution in [0.2, 0.25) is 5.02 Å². The highest BCUT2D eigenvalue weighted by molar-refractivity contribution is 14.0. The highest BCUT2D eigenvalue weighted by Gasteiger charge is 2.39. The minimum atomic E-state index is 0. The van der Waals surface area contributed by atoms with E-state index >= 15 is 0 Å². The highest BCUT2D eigenvalue weighted by atomic mass is 127. The lowest BCUT2D eigenvalue weighted by atomic mass is 10.0. The standard InChI is InChI=1S/C23H29ClN4.HI/c1-25-23(27-22-15-21(22)18-8-5-9-19(24)14-18)26-20-10-12-28(13-11-20)16-17-6-3-2-4-7-17;/h2-9,14,20-22H,10-13,15-16H2,1H3,(H2,25,26,27);1H. The van der Waals surface area contributed by atoms with Gasteiger partial charge in [-0.05, 0) is 42.5 Å². The number of piperidine rings is 1. The van der Waals surface area contributed by atoms with E-state index < -0.39 is 0 Å². The molecule has 1 saturated heterocycles. The van der Waals surface area contributed by atoms with Crippen molar-refractivity contribution >= 4 is 41.5 Å². The Morgan fingerprint density at radius 1 is 1.07 bits per heavy atom. The van der Waals surface area contributed by atoms with Crippen molar-refractivity contribution in [3.8, 4) is 0 Å². The maximum absolute atomic E-state index is 6.13. The Kier molecular flexibility index (Phi) is 8.21. The average Bonchev–Trinajstić information content (AvgIpc) is 3.49. The van der Waals surface area contributed by atoms with Gasteiger partial charge in [-0.2, -0.15) is 0 Å². The van der Waals surface area contributed by atoms with Crippen molar-refractivity contribution in [2.45, 2.75) is 43.8 Å². The van der Waals surface area contributed by atoms with Gasteiger partial charge in [0.2, 0.25) is 0 Å². The maximum Gasteiger partial charge on any atom is 0.191 e. The molecule has 4 nitrogen and oxygen atoms in total. The fraction of sp³-hybridized carbons (Fsp3) is 0.435. The van der Waals surface area contributed by atoms with E-state index in [4.69, 9.17) is 11.6 Å². The largest absolute Gasteiger partial charge is 0.354 e.